The van der Waals surface area contributed by atoms with Crippen LogP contribution in [0.3, 0.4) is 0 Å². The summed E-state index contributed by atoms with van der Waals surface area (Å²) in [7, 11) is -0.798. The van der Waals surface area contributed by atoms with E-state index in [-0.39, 0.29) is 23.6 Å². The second-order valence-electron chi connectivity index (χ2n) is 11.5. The van der Waals surface area contributed by atoms with Gasteiger partial charge < -0.3 is 24.4 Å². The number of hydrogen-bond donors (Lipinski definition) is 2. The van der Waals surface area contributed by atoms with Crippen molar-refractivity contribution in [3.05, 3.63) is 65.9 Å². The molecule has 38 heavy (non-hydrogen) atoms. The molecule has 10 heteroatoms. The summed E-state index contributed by atoms with van der Waals surface area (Å²) in [4.78, 5) is 25.7. The number of para-hydroxylation sites is 1. The van der Waals surface area contributed by atoms with E-state index in [2.05, 4.69) is 31.4 Å². The maximum Gasteiger partial charge on any atom is 0.482 e. The van der Waals surface area contributed by atoms with Gasteiger partial charge in [0.25, 0.3) is 0 Å². The Bertz CT molecular complexity index is 1430. The quantitative estimate of drug-likeness (QED) is 0.377. The number of benzene rings is 2. The molecule has 198 valence electrons. The van der Waals surface area contributed by atoms with Crippen LogP contribution in [-0.2, 0) is 25.3 Å². The molecule has 2 bridgehead atoms. The summed E-state index contributed by atoms with van der Waals surface area (Å²) >= 11 is 0. The van der Waals surface area contributed by atoms with Crippen LogP contribution in [0.2, 0.25) is 0 Å². The van der Waals surface area contributed by atoms with Gasteiger partial charge in [0.2, 0.25) is 0 Å². The van der Waals surface area contributed by atoms with Gasteiger partial charge in [-0.05, 0) is 67.2 Å². The maximum absolute atomic E-state index is 14.1. The molecule has 4 aliphatic rings. The smallest absolute Gasteiger partial charge is 0.464 e. The summed E-state index contributed by atoms with van der Waals surface area (Å²) in [5.74, 6) is -3.69. The number of nitrogens with one attached hydrogen (secondary N) is 2. The second-order valence-corrected chi connectivity index (χ2v) is 11.5. The molecule has 1 aliphatic heterocycles. The Hall–Kier alpha value is -3.24. The van der Waals surface area contributed by atoms with Crippen LogP contribution in [0.15, 0.2) is 53.1 Å². The molecule has 0 radical (unpaired) electrons. The minimum absolute atomic E-state index is 0.119. The van der Waals surface area contributed by atoms with Crippen LogP contribution in [0.4, 0.5) is 14.5 Å². The third-order valence-electron chi connectivity index (χ3n) is 9.00. The lowest BCUT2D eigenvalue weighted by Crippen LogP contribution is -2.65. The van der Waals surface area contributed by atoms with Crippen molar-refractivity contribution in [2.24, 2.45) is 17.3 Å². The SMILES string of the molecule is CC1(C)[C@@H]2C[C@H]3OB([C@H](Cc4coc5ccccc45)NC(=O)C(=O)Nc4ccc(F)cc4F)O[C@@]3(C)[C@H]1C2. The Balaban J connectivity index is 1.25. The first-order valence-corrected chi connectivity index (χ1v) is 12.9. The van der Waals surface area contributed by atoms with Crippen molar-refractivity contribution < 1.29 is 32.1 Å². The fourth-order valence-corrected chi connectivity index (χ4v) is 6.72. The van der Waals surface area contributed by atoms with E-state index in [0.29, 0.717) is 23.5 Å². The molecule has 7 rings (SSSR count). The molecule has 1 saturated heterocycles. The molecule has 2 amide bonds. The van der Waals surface area contributed by atoms with Gasteiger partial charge in [-0.2, -0.15) is 0 Å². The molecule has 3 aliphatic carbocycles. The number of halogens is 2. The summed E-state index contributed by atoms with van der Waals surface area (Å²) < 4.78 is 46.0. The fourth-order valence-electron chi connectivity index (χ4n) is 6.72. The van der Waals surface area contributed by atoms with Crippen molar-refractivity contribution in [2.75, 3.05) is 5.32 Å². The molecule has 2 aromatic carbocycles. The Morgan fingerprint density at radius 3 is 2.66 bits per heavy atom. The highest BCUT2D eigenvalue weighted by Gasteiger charge is 2.68. The lowest BCUT2D eigenvalue weighted by molar-refractivity contribution is -0.199. The summed E-state index contributed by atoms with van der Waals surface area (Å²) in [6.07, 6.45) is 3.74. The van der Waals surface area contributed by atoms with E-state index in [1.54, 1.807) is 6.26 Å². The molecular weight excluding hydrogens is 493 g/mol. The molecule has 2 N–H and O–H groups in total. The van der Waals surface area contributed by atoms with Crippen molar-refractivity contribution in [2.45, 2.75) is 57.7 Å². The zero-order valence-corrected chi connectivity index (χ0v) is 21.4. The Morgan fingerprint density at radius 1 is 1.11 bits per heavy atom. The Labute approximate surface area is 219 Å². The van der Waals surface area contributed by atoms with E-state index in [0.717, 1.165) is 35.9 Å². The van der Waals surface area contributed by atoms with Crippen LogP contribution in [0, 0.1) is 28.9 Å². The zero-order chi connectivity index (χ0) is 26.8. The van der Waals surface area contributed by atoms with E-state index in [4.69, 9.17) is 13.7 Å². The first-order valence-electron chi connectivity index (χ1n) is 12.9. The predicted molar refractivity (Wildman–Crippen MR) is 137 cm³/mol. The average molecular weight is 522 g/mol. The van der Waals surface area contributed by atoms with Gasteiger partial charge in [-0.25, -0.2) is 8.78 Å². The van der Waals surface area contributed by atoms with Crippen molar-refractivity contribution in [1.82, 2.24) is 5.32 Å². The molecule has 1 aromatic heterocycles. The summed E-state index contributed by atoms with van der Waals surface area (Å²) in [6.45, 7) is 6.61. The number of hydrogen-bond acceptors (Lipinski definition) is 5. The molecule has 5 atom stereocenters. The van der Waals surface area contributed by atoms with Gasteiger partial charge in [-0.1, -0.05) is 32.0 Å². The van der Waals surface area contributed by atoms with Gasteiger partial charge in [0.15, 0.2) is 0 Å². The first-order chi connectivity index (χ1) is 18.1. The summed E-state index contributed by atoms with van der Waals surface area (Å²) in [5.41, 5.74) is 0.866. The first kappa shape index (κ1) is 25.1. The maximum atomic E-state index is 14.1. The molecule has 3 aromatic rings. The van der Waals surface area contributed by atoms with Gasteiger partial charge in [-0.15, -0.1) is 0 Å². The number of amides is 2. The van der Waals surface area contributed by atoms with E-state index in [9.17, 15) is 18.4 Å². The Morgan fingerprint density at radius 2 is 1.89 bits per heavy atom. The second kappa shape index (κ2) is 8.91. The standard InChI is InChI=1S/C28H29BF2N2O5/c1-27(2)16-11-22(27)28(3)23(12-16)37-29(38-28)24(10-15-14-36-21-7-5-4-6-18(15)21)33-26(35)25(34)32-20-9-8-17(30)13-19(20)31/h4-9,13-14,16,22-24H,10-12H2,1-3H3,(H,32,34)(H,33,35)/t16-,22-,23+,24-,28-/m0/s1. The van der Waals surface area contributed by atoms with E-state index in [1.165, 1.54) is 0 Å². The van der Waals surface area contributed by atoms with Crippen molar-refractivity contribution in [3.63, 3.8) is 0 Å². The number of furan rings is 1. The van der Waals surface area contributed by atoms with Gasteiger partial charge in [0.1, 0.15) is 17.2 Å². The molecule has 4 fully saturated rings. The zero-order valence-electron chi connectivity index (χ0n) is 21.4. The number of fused-ring (bicyclic) bond motifs is 1. The van der Waals surface area contributed by atoms with Crippen LogP contribution < -0.4 is 10.6 Å². The van der Waals surface area contributed by atoms with Crippen molar-refractivity contribution >= 4 is 35.6 Å². The molecule has 0 unspecified atom stereocenters. The largest absolute Gasteiger partial charge is 0.482 e. The Kier molecular flexibility index (Phi) is 5.88. The minimum Gasteiger partial charge on any atom is -0.464 e. The molecule has 7 nitrogen and oxygen atoms in total. The topological polar surface area (TPSA) is 89.8 Å². The number of carbonyl (C=O) groups is 2. The highest BCUT2D eigenvalue weighted by atomic mass is 19.1. The number of carbonyl (C=O) groups excluding carboxylic acids is 2. The van der Waals surface area contributed by atoms with Crippen LogP contribution in [0.1, 0.15) is 39.2 Å². The highest BCUT2D eigenvalue weighted by molar-refractivity contribution is 6.49. The monoisotopic (exact) mass is 522 g/mol. The van der Waals surface area contributed by atoms with E-state index < -0.39 is 42.1 Å². The van der Waals surface area contributed by atoms with E-state index in [1.807, 2.05) is 24.3 Å². The number of anilines is 1. The highest BCUT2D eigenvalue weighted by Crippen LogP contribution is 2.65. The van der Waals surface area contributed by atoms with Crippen LogP contribution in [0.5, 0.6) is 0 Å². The lowest BCUT2D eigenvalue weighted by atomic mass is 9.43. The molecule has 3 saturated carbocycles. The average Bonchev–Trinajstić information content (AvgIpc) is 3.45. The van der Waals surface area contributed by atoms with Gasteiger partial charge in [-0.3, -0.25) is 9.59 Å². The van der Waals surface area contributed by atoms with Crippen molar-refractivity contribution in [1.29, 1.82) is 0 Å². The third-order valence-corrected chi connectivity index (χ3v) is 9.00. The van der Waals surface area contributed by atoms with Gasteiger partial charge in [0, 0.05) is 11.5 Å². The lowest BCUT2D eigenvalue weighted by Gasteiger charge is -2.64. The van der Waals surface area contributed by atoms with Crippen LogP contribution >= 0.6 is 0 Å². The number of rotatable bonds is 5. The molecular formula is C28H29BF2N2O5. The molecule has 0 spiro atoms. The normalized spacial score (nSPS) is 27.9. The van der Waals surface area contributed by atoms with Gasteiger partial charge in [0.05, 0.1) is 29.6 Å². The van der Waals surface area contributed by atoms with Crippen LogP contribution in [0.25, 0.3) is 11.0 Å². The van der Waals surface area contributed by atoms with Crippen molar-refractivity contribution in [3.8, 4) is 0 Å². The van der Waals surface area contributed by atoms with E-state index >= 15 is 0 Å². The van der Waals surface area contributed by atoms with Gasteiger partial charge >= 0.3 is 18.9 Å². The van der Waals surface area contributed by atoms with Crippen LogP contribution in [-0.4, -0.2) is 36.6 Å². The summed E-state index contributed by atoms with van der Waals surface area (Å²) in [6, 6.07) is 10.2. The third kappa shape index (κ3) is 4.01. The molecule has 2 heterocycles. The predicted octanol–water partition coefficient (Wildman–Crippen LogP) is 4.64. The fraction of sp³-hybridized carbons (Fsp3) is 0.429. The summed E-state index contributed by atoms with van der Waals surface area (Å²) in [5, 5.41) is 5.84. The minimum atomic E-state index is -1.08.